The first-order chi connectivity index (χ1) is 12.2. The molecule has 0 amide bonds. The number of hydrogen-bond acceptors (Lipinski definition) is 7. The number of aromatic nitrogens is 5. The van der Waals surface area contributed by atoms with Crippen molar-refractivity contribution in [2.24, 2.45) is 0 Å². The number of thiophene rings is 1. The molecule has 0 aliphatic rings. The number of hydrogen-bond donors (Lipinski definition) is 1. The zero-order chi connectivity index (χ0) is 17.2. The maximum absolute atomic E-state index is 4.63. The van der Waals surface area contributed by atoms with Crippen LogP contribution in [0.25, 0.3) is 17.0 Å². The summed E-state index contributed by atoms with van der Waals surface area (Å²) in [7, 11) is 3.97. The van der Waals surface area contributed by atoms with E-state index in [1.165, 1.54) is 0 Å². The molecule has 0 aromatic carbocycles. The van der Waals surface area contributed by atoms with Gasteiger partial charge >= 0.3 is 0 Å². The number of nitrogens with zero attached hydrogens (tertiary/aromatic N) is 6. The first-order valence-electron chi connectivity index (χ1n) is 7.82. The Kier molecular flexibility index (Phi) is 4.02. The van der Waals surface area contributed by atoms with E-state index in [4.69, 9.17) is 0 Å². The number of pyridine rings is 1. The van der Waals surface area contributed by atoms with E-state index in [0.29, 0.717) is 6.54 Å². The highest BCUT2D eigenvalue weighted by atomic mass is 32.1. The van der Waals surface area contributed by atoms with Gasteiger partial charge in [0.2, 0.25) is 0 Å². The molecule has 7 nitrogen and oxygen atoms in total. The highest BCUT2D eigenvalue weighted by molar-refractivity contribution is 7.08. The Balaban J connectivity index is 1.61. The van der Waals surface area contributed by atoms with Crippen molar-refractivity contribution in [3.63, 3.8) is 0 Å². The SMILES string of the molecule is CN(C)c1ncccc1CNc1ccc2nnc(-c3ccsc3)n2n1. The third-order valence-corrected chi connectivity index (χ3v) is 4.48. The van der Waals surface area contributed by atoms with E-state index in [1.54, 1.807) is 22.0 Å². The summed E-state index contributed by atoms with van der Waals surface area (Å²) in [5.41, 5.74) is 2.85. The quantitative estimate of drug-likeness (QED) is 0.596. The van der Waals surface area contributed by atoms with Crippen LogP contribution in [-0.2, 0) is 6.54 Å². The molecular formula is C17H17N7S. The van der Waals surface area contributed by atoms with Crippen LogP contribution in [-0.4, -0.2) is 38.9 Å². The van der Waals surface area contributed by atoms with E-state index in [0.717, 1.165) is 34.2 Å². The Bertz CT molecular complexity index is 991. The van der Waals surface area contributed by atoms with Crippen molar-refractivity contribution in [2.45, 2.75) is 6.54 Å². The first kappa shape index (κ1) is 15.5. The van der Waals surface area contributed by atoms with Gasteiger partial charge in [0.05, 0.1) is 0 Å². The number of fused-ring (bicyclic) bond motifs is 1. The van der Waals surface area contributed by atoms with Crippen molar-refractivity contribution in [1.29, 1.82) is 0 Å². The van der Waals surface area contributed by atoms with E-state index in [-0.39, 0.29) is 0 Å². The number of rotatable bonds is 5. The lowest BCUT2D eigenvalue weighted by molar-refractivity contribution is 0.922. The van der Waals surface area contributed by atoms with Crippen LogP contribution in [0.1, 0.15) is 5.56 Å². The fraction of sp³-hybridized carbons (Fsp3) is 0.176. The Morgan fingerprint density at radius 1 is 1.16 bits per heavy atom. The molecule has 4 heterocycles. The van der Waals surface area contributed by atoms with Crippen LogP contribution >= 0.6 is 11.3 Å². The molecule has 8 heteroatoms. The highest BCUT2D eigenvalue weighted by Crippen LogP contribution is 2.21. The molecule has 4 rings (SSSR count). The van der Waals surface area contributed by atoms with Crippen LogP contribution in [0.4, 0.5) is 11.6 Å². The Labute approximate surface area is 149 Å². The van der Waals surface area contributed by atoms with Gasteiger partial charge in [-0.05, 0) is 29.6 Å². The third-order valence-electron chi connectivity index (χ3n) is 3.79. The van der Waals surface area contributed by atoms with Crippen molar-refractivity contribution in [3.8, 4) is 11.4 Å². The number of nitrogens with one attached hydrogen (secondary N) is 1. The van der Waals surface area contributed by atoms with Crippen LogP contribution in [0, 0.1) is 0 Å². The molecule has 4 aromatic heterocycles. The molecule has 0 saturated heterocycles. The molecule has 25 heavy (non-hydrogen) atoms. The van der Waals surface area contributed by atoms with Gasteiger partial charge in [0, 0.05) is 43.3 Å². The van der Waals surface area contributed by atoms with E-state index < -0.39 is 0 Å². The van der Waals surface area contributed by atoms with Gasteiger partial charge in [-0.3, -0.25) is 0 Å². The molecule has 0 radical (unpaired) electrons. The summed E-state index contributed by atoms with van der Waals surface area (Å²) in [6.07, 6.45) is 1.80. The fourth-order valence-corrected chi connectivity index (χ4v) is 3.25. The maximum atomic E-state index is 4.63. The van der Waals surface area contributed by atoms with E-state index in [1.807, 2.05) is 54.0 Å². The highest BCUT2D eigenvalue weighted by Gasteiger charge is 2.11. The van der Waals surface area contributed by atoms with E-state index >= 15 is 0 Å². The second-order valence-corrected chi connectivity index (χ2v) is 6.54. The average molecular weight is 351 g/mol. The topological polar surface area (TPSA) is 71.2 Å². The summed E-state index contributed by atoms with van der Waals surface area (Å²) in [6, 6.07) is 9.84. The van der Waals surface area contributed by atoms with Crippen LogP contribution in [0.15, 0.2) is 47.3 Å². The molecule has 0 unspecified atom stereocenters. The van der Waals surface area contributed by atoms with Crippen molar-refractivity contribution < 1.29 is 0 Å². The minimum atomic E-state index is 0.635. The normalized spacial score (nSPS) is 11.0. The van der Waals surface area contributed by atoms with Crippen LogP contribution in [0.5, 0.6) is 0 Å². The van der Waals surface area contributed by atoms with Gasteiger partial charge in [0.25, 0.3) is 0 Å². The Morgan fingerprint density at radius 3 is 2.88 bits per heavy atom. The van der Waals surface area contributed by atoms with Gasteiger partial charge in [0.1, 0.15) is 11.6 Å². The zero-order valence-electron chi connectivity index (χ0n) is 13.9. The van der Waals surface area contributed by atoms with Gasteiger partial charge < -0.3 is 10.2 Å². The van der Waals surface area contributed by atoms with Crippen molar-refractivity contribution in [1.82, 2.24) is 24.8 Å². The lowest BCUT2D eigenvalue weighted by Gasteiger charge is -2.16. The lowest BCUT2D eigenvalue weighted by atomic mass is 10.2. The molecule has 0 saturated carbocycles. The monoisotopic (exact) mass is 351 g/mol. The van der Waals surface area contributed by atoms with Crippen molar-refractivity contribution in [2.75, 3.05) is 24.3 Å². The van der Waals surface area contributed by atoms with Crippen molar-refractivity contribution in [3.05, 3.63) is 52.9 Å². The second kappa shape index (κ2) is 6.48. The summed E-state index contributed by atoms with van der Waals surface area (Å²) in [5, 5.41) is 20.5. The van der Waals surface area contributed by atoms with Crippen LogP contribution in [0.3, 0.4) is 0 Å². The molecule has 126 valence electrons. The predicted molar refractivity (Wildman–Crippen MR) is 100.0 cm³/mol. The fourth-order valence-electron chi connectivity index (χ4n) is 2.61. The van der Waals surface area contributed by atoms with Gasteiger partial charge in [-0.1, -0.05) is 6.07 Å². The molecular weight excluding hydrogens is 334 g/mol. The van der Waals surface area contributed by atoms with Gasteiger partial charge in [0.15, 0.2) is 11.5 Å². The van der Waals surface area contributed by atoms with E-state index in [2.05, 4.69) is 31.7 Å². The van der Waals surface area contributed by atoms with Gasteiger partial charge in [-0.2, -0.15) is 15.9 Å². The average Bonchev–Trinajstić information content (AvgIpc) is 3.29. The molecule has 0 bridgehead atoms. The summed E-state index contributed by atoms with van der Waals surface area (Å²) in [5.74, 6) is 2.45. The van der Waals surface area contributed by atoms with E-state index in [9.17, 15) is 0 Å². The van der Waals surface area contributed by atoms with Gasteiger partial charge in [-0.25, -0.2) is 4.98 Å². The van der Waals surface area contributed by atoms with Crippen LogP contribution in [0.2, 0.25) is 0 Å². The van der Waals surface area contributed by atoms with Crippen LogP contribution < -0.4 is 10.2 Å². The third kappa shape index (κ3) is 3.03. The minimum absolute atomic E-state index is 0.635. The second-order valence-electron chi connectivity index (χ2n) is 5.76. The van der Waals surface area contributed by atoms with Gasteiger partial charge in [-0.15, -0.1) is 15.3 Å². The minimum Gasteiger partial charge on any atom is -0.364 e. The molecule has 1 N–H and O–H groups in total. The number of anilines is 2. The Hall–Kier alpha value is -3.00. The molecule has 0 atom stereocenters. The lowest BCUT2D eigenvalue weighted by Crippen LogP contribution is -2.15. The van der Waals surface area contributed by atoms with Crippen molar-refractivity contribution >= 4 is 28.6 Å². The summed E-state index contributed by atoms with van der Waals surface area (Å²) in [4.78, 5) is 6.42. The molecule has 4 aromatic rings. The molecule has 0 aliphatic heterocycles. The molecule has 0 fully saturated rings. The predicted octanol–water partition coefficient (Wildman–Crippen LogP) is 2.93. The molecule has 0 aliphatic carbocycles. The standard InChI is InChI=1S/C17H17N7S/c1-23(2)16-12(4-3-8-18-16)10-19-14-5-6-15-20-21-17(24(15)22-14)13-7-9-25-11-13/h3-9,11H,10H2,1-2H3,(H,19,22). The first-order valence-corrected chi connectivity index (χ1v) is 8.77. The zero-order valence-corrected chi connectivity index (χ0v) is 14.7. The summed E-state index contributed by atoms with van der Waals surface area (Å²) < 4.78 is 1.76. The summed E-state index contributed by atoms with van der Waals surface area (Å²) >= 11 is 1.63. The molecule has 0 spiro atoms. The maximum Gasteiger partial charge on any atom is 0.186 e. The smallest absolute Gasteiger partial charge is 0.186 e. The largest absolute Gasteiger partial charge is 0.364 e. The Morgan fingerprint density at radius 2 is 2.08 bits per heavy atom. The summed E-state index contributed by atoms with van der Waals surface area (Å²) in [6.45, 7) is 0.635.